The molecule has 0 saturated carbocycles. The van der Waals surface area contributed by atoms with Gasteiger partial charge in [0.15, 0.2) is 0 Å². The number of fused-ring (bicyclic) bond motifs is 1. The largest absolute Gasteiger partial charge is 0.346 e. The Morgan fingerprint density at radius 3 is 3.08 bits per heavy atom. The number of carbonyl (C=O) groups is 2. The van der Waals surface area contributed by atoms with Gasteiger partial charge >= 0.3 is 0 Å². The Bertz CT molecular complexity index is 793. The highest BCUT2D eigenvalue weighted by atomic mass is 35.5. The van der Waals surface area contributed by atoms with E-state index in [1.165, 1.54) is 0 Å². The molecule has 0 spiro atoms. The van der Waals surface area contributed by atoms with Crippen molar-refractivity contribution in [3.63, 3.8) is 0 Å². The normalized spacial score (nSPS) is 20.9. The van der Waals surface area contributed by atoms with Gasteiger partial charge in [0.05, 0.1) is 13.0 Å². The Hall–Kier alpha value is -2.12. The number of aromatic amines is 1. The smallest absolute Gasteiger partial charge is 0.236 e. The van der Waals surface area contributed by atoms with Gasteiger partial charge in [0.2, 0.25) is 11.8 Å². The second-order valence-electron chi connectivity index (χ2n) is 6.79. The molecular weight excluding hydrogens is 354 g/mol. The van der Waals surface area contributed by atoms with Crippen LogP contribution in [0.3, 0.4) is 0 Å². The molecular formula is C18H24ClN5O2. The van der Waals surface area contributed by atoms with Crippen molar-refractivity contribution in [3.05, 3.63) is 30.1 Å². The summed E-state index contributed by atoms with van der Waals surface area (Å²) in [6.07, 6.45) is 5.91. The van der Waals surface area contributed by atoms with Crippen molar-refractivity contribution in [2.75, 3.05) is 32.7 Å². The highest BCUT2D eigenvalue weighted by Gasteiger charge is 2.31. The summed E-state index contributed by atoms with van der Waals surface area (Å²) in [5, 5.41) is 4.10. The molecule has 0 radical (unpaired) electrons. The van der Waals surface area contributed by atoms with Crippen molar-refractivity contribution in [1.29, 1.82) is 0 Å². The molecule has 140 valence electrons. The van der Waals surface area contributed by atoms with Crippen LogP contribution in [0.5, 0.6) is 0 Å². The third kappa shape index (κ3) is 3.68. The molecule has 2 saturated heterocycles. The van der Waals surface area contributed by atoms with E-state index < -0.39 is 0 Å². The molecule has 2 aliphatic rings. The first-order valence-electron chi connectivity index (χ1n) is 8.91. The predicted molar refractivity (Wildman–Crippen MR) is 101 cm³/mol. The van der Waals surface area contributed by atoms with Crippen LogP contribution in [0.25, 0.3) is 11.0 Å². The summed E-state index contributed by atoms with van der Waals surface area (Å²) >= 11 is 0. The third-order valence-corrected chi connectivity index (χ3v) is 5.19. The first-order valence-corrected chi connectivity index (χ1v) is 8.91. The van der Waals surface area contributed by atoms with Crippen LogP contribution in [0.2, 0.25) is 0 Å². The van der Waals surface area contributed by atoms with Crippen LogP contribution >= 0.6 is 12.4 Å². The van der Waals surface area contributed by atoms with Gasteiger partial charge in [0.1, 0.15) is 5.65 Å². The van der Waals surface area contributed by atoms with E-state index in [1.54, 1.807) is 6.20 Å². The van der Waals surface area contributed by atoms with E-state index in [9.17, 15) is 9.59 Å². The number of pyridine rings is 1. The van der Waals surface area contributed by atoms with Gasteiger partial charge in [-0.25, -0.2) is 4.98 Å². The highest BCUT2D eigenvalue weighted by Crippen LogP contribution is 2.20. The number of piperidine rings is 1. The number of halogens is 1. The Kier molecular flexibility index (Phi) is 5.78. The standard InChI is InChI=1S/C18H23N5O2.ClH/c24-16(9-13-10-21-18-15(13)4-1-5-20-18)22-7-2-3-14(12-22)23-8-6-19-11-17(23)25;/h1,4-5,10,14,19H,2-3,6-9,11-12H2,(H,20,21);1H. The molecule has 2 amide bonds. The van der Waals surface area contributed by atoms with E-state index in [0.29, 0.717) is 19.5 Å². The number of hydrogen-bond donors (Lipinski definition) is 2. The summed E-state index contributed by atoms with van der Waals surface area (Å²) in [6.45, 7) is 3.40. The van der Waals surface area contributed by atoms with Gasteiger partial charge in [0, 0.05) is 50.0 Å². The summed E-state index contributed by atoms with van der Waals surface area (Å²) in [6, 6.07) is 4.02. The molecule has 4 rings (SSSR count). The second kappa shape index (κ2) is 8.05. The van der Waals surface area contributed by atoms with Crippen molar-refractivity contribution < 1.29 is 9.59 Å². The number of H-pyrrole nitrogens is 1. The number of nitrogens with zero attached hydrogens (tertiary/aromatic N) is 3. The lowest BCUT2D eigenvalue weighted by molar-refractivity contribution is -0.140. The Labute approximate surface area is 158 Å². The van der Waals surface area contributed by atoms with E-state index in [2.05, 4.69) is 15.3 Å². The maximum absolute atomic E-state index is 12.8. The molecule has 2 fully saturated rings. The first-order chi connectivity index (χ1) is 12.2. The van der Waals surface area contributed by atoms with Crippen molar-refractivity contribution in [2.45, 2.75) is 25.3 Å². The summed E-state index contributed by atoms with van der Waals surface area (Å²) in [5.41, 5.74) is 1.79. The van der Waals surface area contributed by atoms with E-state index in [1.807, 2.05) is 28.1 Å². The van der Waals surface area contributed by atoms with Crippen LogP contribution < -0.4 is 5.32 Å². The number of amides is 2. The average Bonchev–Trinajstić information content (AvgIpc) is 3.05. The van der Waals surface area contributed by atoms with Crippen molar-refractivity contribution >= 4 is 35.3 Å². The zero-order valence-corrected chi connectivity index (χ0v) is 15.4. The maximum atomic E-state index is 12.8. The summed E-state index contributed by atoms with van der Waals surface area (Å²) in [7, 11) is 0. The predicted octanol–water partition coefficient (Wildman–Crippen LogP) is 0.950. The number of likely N-dealkylation sites (tertiary alicyclic amines) is 1. The maximum Gasteiger partial charge on any atom is 0.236 e. The molecule has 7 nitrogen and oxygen atoms in total. The van der Waals surface area contributed by atoms with Crippen LogP contribution in [0.4, 0.5) is 0 Å². The van der Waals surface area contributed by atoms with Gasteiger partial charge in [-0.1, -0.05) is 0 Å². The topological polar surface area (TPSA) is 81.3 Å². The molecule has 2 aromatic heterocycles. The molecule has 26 heavy (non-hydrogen) atoms. The van der Waals surface area contributed by atoms with Crippen molar-refractivity contribution in [2.24, 2.45) is 0 Å². The summed E-state index contributed by atoms with van der Waals surface area (Å²) in [5.74, 6) is 0.269. The Balaban J connectivity index is 0.00000196. The van der Waals surface area contributed by atoms with Crippen molar-refractivity contribution in [3.8, 4) is 0 Å². The molecule has 2 N–H and O–H groups in total. The van der Waals surface area contributed by atoms with Gasteiger partial charge in [0.25, 0.3) is 0 Å². The van der Waals surface area contributed by atoms with E-state index >= 15 is 0 Å². The monoisotopic (exact) mass is 377 g/mol. The number of nitrogens with one attached hydrogen (secondary N) is 2. The molecule has 0 bridgehead atoms. The SMILES string of the molecule is Cl.O=C(Cc1c[nH]c2ncccc12)N1CCCC(N2CCNCC2=O)C1. The van der Waals surface area contributed by atoms with Crippen LogP contribution in [-0.4, -0.2) is 70.3 Å². The quantitative estimate of drug-likeness (QED) is 0.834. The van der Waals surface area contributed by atoms with Gasteiger partial charge in [-0.15, -0.1) is 12.4 Å². The molecule has 2 aliphatic heterocycles. The van der Waals surface area contributed by atoms with Gasteiger partial charge in [-0.2, -0.15) is 0 Å². The van der Waals surface area contributed by atoms with Crippen LogP contribution in [0, 0.1) is 0 Å². The molecule has 1 atom stereocenters. The molecule has 4 heterocycles. The van der Waals surface area contributed by atoms with Crippen LogP contribution in [-0.2, 0) is 16.0 Å². The zero-order chi connectivity index (χ0) is 17.2. The van der Waals surface area contributed by atoms with Crippen molar-refractivity contribution in [1.82, 2.24) is 25.1 Å². The fraction of sp³-hybridized carbons (Fsp3) is 0.500. The summed E-state index contributed by atoms with van der Waals surface area (Å²) < 4.78 is 0. The molecule has 0 aromatic carbocycles. The lowest BCUT2D eigenvalue weighted by Gasteiger charge is -2.41. The number of carbonyl (C=O) groups excluding carboxylic acids is 2. The van der Waals surface area contributed by atoms with Gasteiger partial charge < -0.3 is 20.1 Å². The summed E-state index contributed by atoms with van der Waals surface area (Å²) in [4.78, 5) is 36.2. The fourth-order valence-electron chi connectivity index (χ4n) is 3.88. The van der Waals surface area contributed by atoms with E-state index in [-0.39, 0.29) is 30.3 Å². The second-order valence-corrected chi connectivity index (χ2v) is 6.79. The molecule has 2 aromatic rings. The minimum atomic E-state index is 0. The molecule has 8 heteroatoms. The lowest BCUT2D eigenvalue weighted by atomic mass is 10.0. The first kappa shape index (κ1) is 18.7. The zero-order valence-electron chi connectivity index (χ0n) is 14.6. The third-order valence-electron chi connectivity index (χ3n) is 5.19. The van der Waals surface area contributed by atoms with Gasteiger partial charge in [-0.05, 0) is 30.5 Å². The average molecular weight is 378 g/mol. The fourth-order valence-corrected chi connectivity index (χ4v) is 3.88. The number of piperazine rings is 1. The minimum absolute atomic E-state index is 0. The number of rotatable bonds is 3. The minimum Gasteiger partial charge on any atom is -0.346 e. The van der Waals surface area contributed by atoms with E-state index in [0.717, 1.165) is 49.1 Å². The number of aromatic nitrogens is 2. The molecule has 0 aliphatic carbocycles. The Morgan fingerprint density at radius 1 is 1.35 bits per heavy atom. The van der Waals surface area contributed by atoms with Crippen LogP contribution in [0.15, 0.2) is 24.5 Å². The Morgan fingerprint density at radius 2 is 2.23 bits per heavy atom. The number of hydrogen-bond acceptors (Lipinski definition) is 4. The van der Waals surface area contributed by atoms with Crippen LogP contribution in [0.1, 0.15) is 18.4 Å². The highest BCUT2D eigenvalue weighted by molar-refractivity contribution is 5.87. The molecule has 1 unspecified atom stereocenters. The lowest BCUT2D eigenvalue weighted by Crippen LogP contribution is -2.57. The van der Waals surface area contributed by atoms with E-state index in [4.69, 9.17) is 0 Å². The van der Waals surface area contributed by atoms with Gasteiger partial charge in [-0.3, -0.25) is 9.59 Å².